The van der Waals surface area contributed by atoms with Crippen molar-refractivity contribution in [3.05, 3.63) is 94.3 Å². The molecule has 2 aliphatic rings. The Morgan fingerprint density at radius 3 is 2.69 bits per heavy atom. The van der Waals surface area contributed by atoms with Gasteiger partial charge >= 0.3 is 0 Å². The van der Waals surface area contributed by atoms with Crippen molar-refractivity contribution in [2.75, 3.05) is 0 Å². The molecule has 0 fully saturated rings. The molecule has 4 aromatic rings. The zero-order valence-electron chi connectivity index (χ0n) is 15.6. The Kier molecular flexibility index (Phi) is 3.61. The second-order valence-electron chi connectivity index (χ2n) is 7.32. The van der Waals surface area contributed by atoms with Crippen molar-refractivity contribution in [3.8, 4) is 0 Å². The molecular weight excluding hydrogens is 380 g/mol. The number of para-hydroxylation sites is 1. The van der Waals surface area contributed by atoms with Crippen LogP contribution in [0.15, 0.2) is 72.4 Å². The first-order chi connectivity index (χ1) is 14.3. The number of aryl methyl sites for hydroxylation is 1. The van der Waals surface area contributed by atoms with Gasteiger partial charge in [-0.25, -0.2) is 4.98 Å². The number of nitrogens with one attached hydrogen (secondary N) is 1. The van der Waals surface area contributed by atoms with Crippen molar-refractivity contribution in [1.82, 2.24) is 15.2 Å². The fraction of sp³-hybridized carbons (Fsp3) is 0.130. The van der Waals surface area contributed by atoms with Gasteiger partial charge in [-0.15, -0.1) is 11.3 Å². The summed E-state index contributed by atoms with van der Waals surface area (Å²) >= 11 is 1.65. The molecule has 29 heavy (non-hydrogen) atoms. The minimum Gasteiger partial charge on any atom is -0.445 e. The fourth-order valence-corrected chi connectivity index (χ4v) is 5.38. The van der Waals surface area contributed by atoms with Crippen LogP contribution in [-0.2, 0) is 11.2 Å². The number of benzene rings is 2. The van der Waals surface area contributed by atoms with Crippen LogP contribution in [0.3, 0.4) is 0 Å². The van der Waals surface area contributed by atoms with Crippen LogP contribution in [0.25, 0.3) is 21.4 Å². The maximum atomic E-state index is 6.53. The smallest absolute Gasteiger partial charge is 0.197 e. The van der Waals surface area contributed by atoms with Gasteiger partial charge in [-0.2, -0.15) is 5.10 Å². The number of hydrogen-bond donors (Lipinski definition) is 2. The Labute approximate surface area is 171 Å². The zero-order chi connectivity index (χ0) is 19.4. The van der Waals surface area contributed by atoms with Crippen LogP contribution < -0.4 is 5.73 Å². The summed E-state index contributed by atoms with van der Waals surface area (Å²) in [5, 5.41) is 8.40. The molecule has 6 rings (SSSR count). The van der Waals surface area contributed by atoms with Crippen LogP contribution in [0.1, 0.15) is 34.2 Å². The third-order valence-electron chi connectivity index (χ3n) is 5.64. The molecule has 1 aliphatic heterocycles. The topological polar surface area (TPSA) is 76.8 Å². The zero-order valence-corrected chi connectivity index (χ0v) is 16.4. The van der Waals surface area contributed by atoms with Gasteiger partial charge < -0.3 is 10.5 Å². The number of aromatic amines is 1. The van der Waals surface area contributed by atoms with Crippen molar-refractivity contribution in [2.24, 2.45) is 5.73 Å². The SMILES string of the molecule is NC1=C(c2nc3ccccc3s2)C(c2ccccc2)C2=C(CCc3cn[nH]c32)O1. The maximum Gasteiger partial charge on any atom is 0.197 e. The number of aromatic nitrogens is 3. The van der Waals surface area contributed by atoms with Crippen LogP contribution in [0.2, 0.25) is 0 Å². The van der Waals surface area contributed by atoms with Crippen molar-refractivity contribution >= 4 is 32.7 Å². The van der Waals surface area contributed by atoms with Crippen molar-refractivity contribution in [1.29, 1.82) is 0 Å². The summed E-state index contributed by atoms with van der Waals surface area (Å²) in [6.45, 7) is 0. The maximum absolute atomic E-state index is 6.53. The second-order valence-corrected chi connectivity index (χ2v) is 8.35. The molecule has 0 radical (unpaired) electrons. The van der Waals surface area contributed by atoms with Gasteiger partial charge in [0.1, 0.15) is 10.8 Å². The minimum atomic E-state index is -0.0555. The van der Waals surface area contributed by atoms with E-state index < -0.39 is 0 Å². The van der Waals surface area contributed by atoms with E-state index in [1.807, 2.05) is 30.5 Å². The van der Waals surface area contributed by atoms with Crippen LogP contribution in [0, 0.1) is 0 Å². The molecule has 3 heterocycles. The molecule has 1 atom stereocenters. The summed E-state index contributed by atoms with van der Waals surface area (Å²) in [5.74, 6) is 1.32. The first kappa shape index (κ1) is 16.6. The summed E-state index contributed by atoms with van der Waals surface area (Å²) in [7, 11) is 0. The van der Waals surface area contributed by atoms with E-state index in [9.17, 15) is 0 Å². The van der Waals surface area contributed by atoms with Crippen LogP contribution in [0.5, 0.6) is 0 Å². The Balaban J connectivity index is 1.60. The quantitative estimate of drug-likeness (QED) is 0.508. The van der Waals surface area contributed by atoms with E-state index in [-0.39, 0.29) is 5.92 Å². The molecule has 1 aliphatic carbocycles. The summed E-state index contributed by atoms with van der Waals surface area (Å²) in [5.41, 5.74) is 13.0. The number of fused-ring (bicyclic) bond motifs is 3. The molecule has 0 bridgehead atoms. The van der Waals surface area contributed by atoms with Gasteiger partial charge in [0.2, 0.25) is 0 Å². The normalized spacial score (nSPS) is 18.6. The molecule has 0 saturated heterocycles. The van der Waals surface area contributed by atoms with Gasteiger partial charge in [0, 0.05) is 17.9 Å². The molecule has 1 unspecified atom stereocenters. The number of nitrogens with zero attached hydrogens (tertiary/aromatic N) is 2. The summed E-state index contributed by atoms with van der Waals surface area (Å²) < 4.78 is 7.33. The number of rotatable bonds is 2. The number of nitrogens with two attached hydrogens (primary N) is 1. The van der Waals surface area contributed by atoms with Gasteiger partial charge in [0.05, 0.1) is 27.7 Å². The van der Waals surface area contributed by atoms with E-state index in [4.69, 9.17) is 15.5 Å². The lowest BCUT2D eigenvalue weighted by Crippen LogP contribution is -2.23. The Hall–Kier alpha value is -3.38. The largest absolute Gasteiger partial charge is 0.445 e. The van der Waals surface area contributed by atoms with Crippen LogP contribution in [0.4, 0.5) is 0 Å². The highest BCUT2D eigenvalue weighted by Crippen LogP contribution is 2.51. The number of H-pyrrole nitrogens is 1. The third kappa shape index (κ3) is 2.53. The predicted molar refractivity (Wildman–Crippen MR) is 115 cm³/mol. The average Bonchev–Trinajstić information content (AvgIpc) is 3.40. The summed E-state index contributed by atoms with van der Waals surface area (Å²) in [4.78, 5) is 4.90. The molecule has 0 amide bonds. The minimum absolute atomic E-state index is 0.0555. The van der Waals surface area contributed by atoms with Crippen molar-refractivity contribution in [2.45, 2.75) is 18.8 Å². The van der Waals surface area contributed by atoms with E-state index >= 15 is 0 Å². The lowest BCUT2D eigenvalue weighted by Gasteiger charge is -2.33. The van der Waals surface area contributed by atoms with Gasteiger partial charge in [-0.1, -0.05) is 42.5 Å². The Bertz CT molecular complexity index is 1270. The van der Waals surface area contributed by atoms with E-state index in [0.29, 0.717) is 5.88 Å². The van der Waals surface area contributed by atoms with Crippen molar-refractivity contribution < 1.29 is 4.74 Å². The van der Waals surface area contributed by atoms with E-state index in [1.165, 1.54) is 11.1 Å². The third-order valence-corrected chi connectivity index (χ3v) is 6.71. The lowest BCUT2D eigenvalue weighted by molar-refractivity contribution is 0.280. The van der Waals surface area contributed by atoms with E-state index in [1.54, 1.807) is 11.3 Å². The van der Waals surface area contributed by atoms with E-state index in [0.717, 1.165) is 50.7 Å². The molecule has 2 aromatic carbocycles. The predicted octanol–water partition coefficient (Wildman–Crippen LogP) is 4.82. The molecule has 2 aromatic heterocycles. The summed E-state index contributed by atoms with van der Waals surface area (Å²) in [6, 6.07) is 18.6. The average molecular weight is 398 g/mol. The molecule has 0 saturated carbocycles. The van der Waals surface area contributed by atoms with Gasteiger partial charge in [-0.3, -0.25) is 5.10 Å². The lowest BCUT2D eigenvalue weighted by atomic mass is 9.77. The summed E-state index contributed by atoms with van der Waals surface area (Å²) in [6.07, 6.45) is 3.63. The molecule has 0 spiro atoms. The highest BCUT2D eigenvalue weighted by Gasteiger charge is 2.38. The number of ether oxygens (including phenoxy) is 1. The van der Waals surface area contributed by atoms with Crippen molar-refractivity contribution in [3.63, 3.8) is 0 Å². The Morgan fingerprint density at radius 2 is 1.83 bits per heavy atom. The molecular formula is C23H18N4OS. The highest BCUT2D eigenvalue weighted by molar-refractivity contribution is 7.19. The first-order valence-electron chi connectivity index (χ1n) is 9.63. The molecule has 6 heteroatoms. The second kappa shape index (κ2) is 6.32. The van der Waals surface area contributed by atoms with Gasteiger partial charge in [0.25, 0.3) is 0 Å². The Morgan fingerprint density at radius 1 is 1.00 bits per heavy atom. The first-order valence-corrected chi connectivity index (χ1v) is 10.5. The standard InChI is InChI=1S/C23H18N4OS/c24-22-20(23-26-15-8-4-5-9-17(15)29-23)18(13-6-2-1-3-7-13)19-16(28-22)11-10-14-12-25-27-21(14)19/h1-9,12,18H,10-11,24H2,(H,25,27). The van der Waals surface area contributed by atoms with Gasteiger partial charge in [-0.05, 0) is 29.7 Å². The van der Waals surface area contributed by atoms with Crippen LogP contribution in [-0.4, -0.2) is 15.2 Å². The molecule has 142 valence electrons. The molecule has 3 N–H and O–H groups in total. The molecule has 5 nitrogen and oxygen atoms in total. The van der Waals surface area contributed by atoms with E-state index in [2.05, 4.69) is 40.5 Å². The fourth-order valence-electron chi connectivity index (χ4n) is 4.34. The monoisotopic (exact) mass is 398 g/mol. The highest BCUT2D eigenvalue weighted by atomic mass is 32.1. The van der Waals surface area contributed by atoms with Gasteiger partial charge in [0.15, 0.2) is 5.88 Å². The number of hydrogen-bond acceptors (Lipinski definition) is 5. The van der Waals surface area contributed by atoms with Crippen LogP contribution >= 0.6 is 11.3 Å². The number of allylic oxidation sites excluding steroid dienone is 3. The number of thiazole rings is 1.